The lowest BCUT2D eigenvalue weighted by Crippen LogP contribution is -2.41. The molecule has 0 radical (unpaired) electrons. The fourth-order valence-electron chi connectivity index (χ4n) is 2.68. The minimum atomic E-state index is -1.16. The Bertz CT molecular complexity index is 958. The Hall–Kier alpha value is -2.79. The van der Waals surface area contributed by atoms with Gasteiger partial charge in [0.2, 0.25) is 0 Å². The summed E-state index contributed by atoms with van der Waals surface area (Å²) in [6.07, 6.45) is 1.46. The smallest absolute Gasteiger partial charge is 0.274 e. The standard InChI is InChI=1S/C19H17ClN2O3/c1-19(2,25-13-9-7-12(20)8-10-13)18(24)22-11-15(17(21)23)14-5-3-4-6-16(14)22/h3-11H,1-2H3,(H2,21,23). The number of hydrogen-bond donors (Lipinski definition) is 1. The topological polar surface area (TPSA) is 74.3 Å². The van der Waals surface area contributed by atoms with Crippen LogP contribution in [0.1, 0.15) is 29.0 Å². The van der Waals surface area contributed by atoms with Crippen LogP contribution in [0.2, 0.25) is 5.02 Å². The molecule has 2 N–H and O–H groups in total. The van der Waals surface area contributed by atoms with Crippen molar-refractivity contribution in [1.82, 2.24) is 4.57 Å². The van der Waals surface area contributed by atoms with E-state index in [1.807, 2.05) is 0 Å². The molecular formula is C19H17ClN2O3. The van der Waals surface area contributed by atoms with E-state index in [2.05, 4.69) is 0 Å². The van der Waals surface area contributed by atoms with Gasteiger partial charge in [-0.3, -0.25) is 14.2 Å². The number of carbonyl (C=O) groups excluding carboxylic acids is 2. The number of nitrogens with two attached hydrogens (primary N) is 1. The van der Waals surface area contributed by atoms with Crippen LogP contribution in [0.5, 0.6) is 5.75 Å². The van der Waals surface area contributed by atoms with Crippen molar-refractivity contribution in [3.8, 4) is 5.75 Å². The van der Waals surface area contributed by atoms with Crippen LogP contribution in [-0.2, 0) is 0 Å². The molecule has 0 fully saturated rings. The molecule has 0 bridgehead atoms. The summed E-state index contributed by atoms with van der Waals surface area (Å²) in [4.78, 5) is 24.7. The predicted octanol–water partition coefficient (Wildman–Crippen LogP) is 3.89. The molecule has 5 nitrogen and oxygen atoms in total. The molecule has 0 aliphatic rings. The maximum Gasteiger partial charge on any atom is 0.274 e. The monoisotopic (exact) mass is 356 g/mol. The fourth-order valence-corrected chi connectivity index (χ4v) is 2.80. The van der Waals surface area contributed by atoms with Crippen molar-refractivity contribution in [2.45, 2.75) is 19.4 Å². The first kappa shape index (κ1) is 17.0. The number of hydrogen-bond acceptors (Lipinski definition) is 3. The van der Waals surface area contributed by atoms with Crippen LogP contribution < -0.4 is 10.5 Å². The van der Waals surface area contributed by atoms with E-state index in [4.69, 9.17) is 22.1 Å². The second kappa shape index (κ2) is 6.26. The molecule has 2 aromatic carbocycles. The van der Waals surface area contributed by atoms with Gasteiger partial charge in [-0.25, -0.2) is 0 Å². The Kier molecular flexibility index (Phi) is 4.27. The highest BCUT2D eigenvalue weighted by atomic mass is 35.5. The Morgan fingerprint density at radius 3 is 2.36 bits per heavy atom. The molecule has 25 heavy (non-hydrogen) atoms. The van der Waals surface area contributed by atoms with E-state index in [0.29, 0.717) is 27.2 Å². The summed E-state index contributed by atoms with van der Waals surface area (Å²) in [5.74, 6) is -0.375. The van der Waals surface area contributed by atoms with Crippen molar-refractivity contribution in [2.24, 2.45) is 5.73 Å². The van der Waals surface area contributed by atoms with Gasteiger partial charge in [0, 0.05) is 16.6 Å². The molecule has 3 aromatic rings. The Morgan fingerprint density at radius 2 is 1.72 bits per heavy atom. The number of rotatable bonds is 4. The van der Waals surface area contributed by atoms with Crippen LogP contribution in [0, 0.1) is 0 Å². The molecule has 0 unspecified atom stereocenters. The third-order valence-electron chi connectivity index (χ3n) is 3.90. The second-order valence-electron chi connectivity index (χ2n) is 6.17. The van der Waals surface area contributed by atoms with Crippen molar-refractivity contribution >= 4 is 34.3 Å². The van der Waals surface area contributed by atoms with E-state index in [1.54, 1.807) is 62.4 Å². The van der Waals surface area contributed by atoms with E-state index in [9.17, 15) is 9.59 Å². The molecule has 1 heterocycles. The Balaban J connectivity index is 2.00. The van der Waals surface area contributed by atoms with E-state index < -0.39 is 11.5 Å². The quantitative estimate of drug-likeness (QED) is 0.770. The normalized spacial score (nSPS) is 11.5. The summed E-state index contributed by atoms with van der Waals surface area (Å²) in [7, 11) is 0. The number of carbonyl (C=O) groups is 2. The summed E-state index contributed by atoms with van der Waals surface area (Å²) < 4.78 is 7.25. The Labute approximate surface area is 149 Å². The zero-order valence-electron chi connectivity index (χ0n) is 13.8. The van der Waals surface area contributed by atoms with Gasteiger partial charge in [0.25, 0.3) is 11.8 Å². The maximum atomic E-state index is 13.0. The molecule has 0 saturated heterocycles. The van der Waals surface area contributed by atoms with Crippen molar-refractivity contribution < 1.29 is 14.3 Å². The van der Waals surface area contributed by atoms with Gasteiger partial charge in [0.15, 0.2) is 5.60 Å². The second-order valence-corrected chi connectivity index (χ2v) is 6.60. The molecule has 0 aliphatic heterocycles. The van der Waals surface area contributed by atoms with Gasteiger partial charge in [-0.15, -0.1) is 0 Å². The van der Waals surface area contributed by atoms with E-state index >= 15 is 0 Å². The molecule has 1 amide bonds. The van der Waals surface area contributed by atoms with Gasteiger partial charge < -0.3 is 10.5 Å². The summed E-state index contributed by atoms with van der Waals surface area (Å²) in [5.41, 5.74) is 5.17. The van der Waals surface area contributed by atoms with Crippen molar-refractivity contribution in [3.05, 3.63) is 65.3 Å². The maximum absolute atomic E-state index is 13.0. The van der Waals surface area contributed by atoms with Crippen LogP contribution in [0.3, 0.4) is 0 Å². The number of aromatic nitrogens is 1. The van der Waals surface area contributed by atoms with Crippen molar-refractivity contribution in [1.29, 1.82) is 0 Å². The van der Waals surface area contributed by atoms with E-state index in [-0.39, 0.29) is 5.91 Å². The van der Waals surface area contributed by atoms with Gasteiger partial charge in [0.05, 0.1) is 11.1 Å². The molecule has 0 aliphatic carbocycles. The van der Waals surface area contributed by atoms with Gasteiger partial charge in [-0.05, 0) is 44.2 Å². The third kappa shape index (κ3) is 3.23. The van der Waals surface area contributed by atoms with Crippen molar-refractivity contribution in [3.63, 3.8) is 0 Å². The molecule has 3 rings (SSSR count). The number of nitrogens with zero attached hydrogens (tertiary/aromatic N) is 1. The minimum Gasteiger partial charge on any atom is -0.478 e. The highest BCUT2D eigenvalue weighted by Gasteiger charge is 2.33. The number of benzene rings is 2. The zero-order valence-corrected chi connectivity index (χ0v) is 14.6. The largest absolute Gasteiger partial charge is 0.478 e. The molecule has 0 saturated carbocycles. The summed E-state index contributed by atoms with van der Waals surface area (Å²) >= 11 is 5.87. The first-order valence-corrected chi connectivity index (χ1v) is 8.06. The number of halogens is 1. The molecule has 6 heteroatoms. The average molecular weight is 357 g/mol. The molecule has 128 valence electrons. The van der Waals surface area contributed by atoms with Crippen LogP contribution in [0.4, 0.5) is 0 Å². The minimum absolute atomic E-state index is 0.297. The summed E-state index contributed by atoms with van der Waals surface area (Å²) in [6.45, 7) is 3.34. The number of fused-ring (bicyclic) bond motifs is 1. The molecule has 1 aromatic heterocycles. The van der Waals surface area contributed by atoms with Gasteiger partial charge in [-0.1, -0.05) is 29.8 Å². The lowest BCUT2D eigenvalue weighted by Gasteiger charge is -2.25. The Morgan fingerprint density at radius 1 is 1.08 bits per heavy atom. The summed E-state index contributed by atoms with van der Waals surface area (Å²) in [6, 6.07) is 13.9. The lowest BCUT2D eigenvalue weighted by molar-refractivity contribution is 0.0494. The fraction of sp³-hybridized carbons (Fsp3) is 0.158. The number of primary amides is 1. The number of ether oxygens (including phenoxy) is 1. The molecular weight excluding hydrogens is 340 g/mol. The predicted molar refractivity (Wildman–Crippen MR) is 97.2 cm³/mol. The number of amides is 1. The number of para-hydroxylation sites is 1. The zero-order chi connectivity index (χ0) is 18.2. The van der Waals surface area contributed by atoms with Gasteiger partial charge in [-0.2, -0.15) is 0 Å². The first-order valence-electron chi connectivity index (χ1n) is 7.69. The molecule has 0 spiro atoms. The van der Waals surface area contributed by atoms with Crippen molar-refractivity contribution in [2.75, 3.05) is 0 Å². The van der Waals surface area contributed by atoms with Crippen LogP contribution in [0.25, 0.3) is 10.9 Å². The first-order chi connectivity index (χ1) is 11.8. The van der Waals surface area contributed by atoms with Gasteiger partial charge >= 0.3 is 0 Å². The van der Waals surface area contributed by atoms with Crippen LogP contribution >= 0.6 is 11.6 Å². The van der Waals surface area contributed by atoms with Crippen LogP contribution in [0.15, 0.2) is 54.7 Å². The molecule has 0 atom stereocenters. The van der Waals surface area contributed by atoms with Crippen LogP contribution in [-0.4, -0.2) is 22.0 Å². The SMILES string of the molecule is CC(C)(Oc1ccc(Cl)cc1)C(=O)n1cc(C(N)=O)c2ccccc21. The third-order valence-corrected chi connectivity index (χ3v) is 4.15. The van der Waals surface area contributed by atoms with E-state index in [1.165, 1.54) is 10.8 Å². The summed E-state index contributed by atoms with van der Waals surface area (Å²) in [5, 5.41) is 1.21. The highest BCUT2D eigenvalue weighted by molar-refractivity contribution is 6.30. The highest BCUT2D eigenvalue weighted by Crippen LogP contribution is 2.26. The lowest BCUT2D eigenvalue weighted by atomic mass is 10.1. The van der Waals surface area contributed by atoms with E-state index in [0.717, 1.165) is 0 Å². The average Bonchev–Trinajstić information content (AvgIpc) is 2.96. The van der Waals surface area contributed by atoms with Gasteiger partial charge in [0.1, 0.15) is 5.75 Å².